The number of ether oxygens (including phenoxy) is 1. The molecule has 0 unspecified atom stereocenters. The zero-order valence-corrected chi connectivity index (χ0v) is 13.1. The molecule has 0 radical (unpaired) electrons. The van der Waals surface area contributed by atoms with E-state index in [-0.39, 0.29) is 12.0 Å². The average molecular weight is 279 g/mol. The van der Waals surface area contributed by atoms with E-state index >= 15 is 0 Å². The highest BCUT2D eigenvalue weighted by molar-refractivity contribution is 5.94. The van der Waals surface area contributed by atoms with Gasteiger partial charge in [-0.2, -0.15) is 0 Å². The Morgan fingerprint density at radius 2 is 2.15 bits per heavy atom. The van der Waals surface area contributed by atoms with Crippen LogP contribution >= 0.6 is 0 Å². The topological polar surface area (TPSA) is 54.5 Å². The van der Waals surface area contributed by atoms with Gasteiger partial charge in [-0.25, -0.2) is 4.98 Å². The van der Waals surface area contributed by atoms with E-state index in [2.05, 4.69) is 10.3 Å². The molecule has 0 aliphatic carbocycles. The Hall–Kier alpha value is -1.62. The second-order valence-electron chi connectivity index (χ2n) is 5.06. The fourth-order valence-electron chi connectivity index (χ4n) is 1.81. The fourth-order valence-corrected chi connectivity index (χ4v) is 1.81. The predicted octanol–water partition coefficient (Wildman–Crippen LogP) is 2.32. The summed E-state index contributed by atoms with van der Waals surface area (Å²) in [6.07, 6.45) is 0.182. The lowest BCUT2D eigenvalue weighted by molar-refractivity contribution is 0.0532. The monoisotopic (exact) mass is 279 g/mol. The minimum Gasteiger partial charge on any atom is -0.377 e. The molecule has 5 heteroatoms. The molecule has 1 heterocycles. The summed E-state index contributed by atoms with van der Waals surface area (Å²) >= 11 is 0. The lowest BCUT2D eigenvalue weighted by atomic mass is 10.2. The van der Waals surface area contributed by atoms with Crippen molar-refractivity contribution in [1.29, 1.82) is 0 Å². The molecule has 5 nitrogen and oxygen atoms in total. The van der Waals surface area contributed by atoms with Crippen molar-refractivity contribution >= 4 is 11.7 Å². The van der Waals surface area contributed by atoms with Crippen LogP contribution in [0.4, 0.5) is 5.82 Å². The number of likely N-dealkylation sites (N-methyl/N-ethyl adjacent to an activating group) is 1. The van der Waals surface area contributed by atoms with Crippen LogP contribution in [-0.2, 0) is 4.74 Å². The standard InChI is InChI=1S/C15H25N3O2/c1-6-16-14-10-13(9-12(4)17-14)15(19)18(5)7-8-20-11(2)3/h9-11H,6-8H2,1-5H3,(H,16,17). The first-order chi connectivity index (χ1) is 9.43. The molecular formula is C15H25N3O2. The molecule has 0 fully saturated rings. The third kappa shape index (κ3) is 5.17. The highest BCUT2D eigenvalue weighted by Crippen LogP contribution is 2.12. The molecular weight excluding hydrogens is 254 g/mol. The summed E-state index contributed by atoms with van der Waals surface area (Å²) in [5.41, 5.74) is 1.49. The van der Waals surface area contributed by atoms with Crippen molar-refractivity contribution in [3.05, 3.63) is 23.4 Å². The first-order valence-corrected chi connectivity index (χ1v) is 7.03. The first-order valence-electron chi connectivity index (χ1n) is 7.03. The van der Waals surface area contributed by atoms with E-state index < -0.39 is 0 Å². The van der Waals surface area contributed by atoms with Gasteiger partial charge in [-0.1, -0.05) is 0 Å². The maximum absolute atomic E-state index is 12.3. The van der Waals surface area contributed by atoms with Crippen LogP contribution in [0.5, 0.6) is 0 Å². The summed E-state index contributed by atoms with van der Waals surface area (Å²) in [5, 5.41) is 3.13. The molecule has 20 heavy (non-hydrogen) atoms. The van der Waals surface area contributed by atoms with Gasteiger partial charge in [-0.15, -0.1) is 0 Å². The largest absolute Gasteiger partial charge is 0.377 e. The number of nitrogens with zero attached hydrogens (tertiary/aromatic N) is 2. The van der Waals surface area contributed by atoms with Crippen molar-refractivity contribution in [2.24, 2.45) is 0 Å². The van der Waals surface area contributed by atoms with Crippen molar-refractivity contribution in [2.45, 2.75) is 33.8 Å². The Labute approximate surface area is 121 Å². The molecule has 0 bridgehead atoms. The number of pyridine rings is 1. The van der Waals surface area contributed by atoms with E-state index in [0.29, 0.717) is 18.7 Å². The number of hydrogen-bond donors (Lipinski definition) is 1. The summed E-state index contributed by atoms with van der Waals surface area (Å²) < 4.78 is 5.47. The van der Waals surface area contributed by atoms with E-state index in [1.807, 2.05) is 33.8 Å². The zero-order valence-electron chi connectivity index (χ0n) is 13.1. The molecule has 0 spiro atoms. The van der Waals surface area contributed by atoms with Crippen molar-refractivity contribution in [3.63, 3.8) is 0 Å². The lowest BCUT2D eigenvalue weighted by Gasteiger charge is -2.18. The number of carbonyl (C=O) groups excluding carboxylic acids is 1. The van der Waals surface area contributed by atoms with Gasteiger partial charge < -0.3 is 15.0 Å². The Balaban J connectivity index is 2.70. The normalized spacial score (nSPS) is 10.7. The molecule has 0 aliphatic rings. The van der Waals surface area contributed by atoms with Gasteiger partial charge >= 0.3 is 0 Å². The van der Waals surface area contributed by atoms with Gasteiger partial charge in [0.15, 0.2) is 0 Å². The Morgan fingerprint density at radius 3 is 2.75 bits per heavy atom. The van der Waals surface area contributed by atoms with Gasteiger partial charge in [0.05, 0.1) is 12.7 Å². The maximum Gasteiger partial charge on any atom is 0.253 e. The first kappa shape index (κ1) is 16.4. The molecule has 1 N–H and O–H groups in total. The summed E-state index contributed by atoms with van der Waals surface area (Å²) in [6, 6.07) is 3.60. The van der Waals surface area contributed by atoms with E-state index in [9.17, 15) is 4.79 Å². The fraction of sp³-hybridized carbons (Fsp3) is 0.600. The van der Waals surface area contributed by atoms with Crippen LogP contribution < -0.4 is 5.32 Å². The van der Waals surface area contributed by atoms with Crippen LogP contribution in [-0.4, -0.2) is 48.6 Å². The van der Waals surface area contributed by atoms with Crippen LogP contribution in [0.25, 0.3) is 0 Å². The Bertz CT molecular complexity index is 447. The zero-order chi connectivity index (χ0) is 15.1. The molecule has 0 saturated carbocycles. The summed E-state index contributed by atoms with van der Waals surface area (Å²) in [7, 11) is 1.79. The average Bonchev–Trinajstić information content (AvgIpc) is 2.37. The molecule has 0 saturated heterocycles. The summed E-state index contributed by atoms with van der Waals surface area (Å²) in [4.78, 5) is 18.4. The third-order valence-electron chi connectivity index (χ3n) is 2.78. The molecule has 0 atom stereocenters. The van der Waals surface area contributed by atoms with Crippen LogP contribution in [0.3, 0.4) is 0 Å². The molecule has 1 amide bonds. The van der Waals surface area contributed by atoms with E-state index in [4.69, 9.17) is 4.74 Å². The minimum absolute atomic E-state index is 0.0120. The highest BCUT2D eigenvalue weighted by atomic mass is 16.5. The molecule has 1 rings (SSSR count). The van der Waals surface area contributed by atoms with Gasteiger partial charge in [-0.3, -0.25) is 4.79 Å². The van der Waals surface area contributed by atoms with E-state index in [0.717, 1.165) is 18.1 Å². The number of anilines is 1. The van der Waals surface area contributed by atoms with E-state index in [1.54, 1.807) is 18.0 Å². The molecule has 0 aliphatic heterocycles. The van der Waals surface area contributed by atoms with Crippen LogP contribution in [0, 0.1) is 6.92 Å². The van der Waals surface area contributed by atoms with Gasteiger partial charge in [0, 0.05) is 31.4 Å². The third-order valence-corrected chi connectivity index (χ3v) is 2.78. The minimum atomic E-state index is -0.0120. The highest BCUT2D eigenvalue weighted by Gasteiger charge is 2.13. The van der Waals surface area contributed by atoms with Crippen molar-refractivity contribution in [2.75, 3.05) is 32.1 Å². The number of nitrogens with one attached hydrogen (secondary N) is 1. The predicted molar refractivity (Wildman–Crippen MR) is 81.2 cm³/mol. The van der Waals surface area contributed by atoms with E-state index in [1.165, 1.54) is 0 Å². The van der Waals surface area contributed by atoms with Crippen LogP contribution in [0.15, 0.2) is 12.1 Å². The molecule has 0 aromatic carbocycles. The van der Waals surface area contributed by atoms with Crippen LogP contribution in [0.1, 0.15) is 36.8 Å². The molecule has 112 valence electrons. The van der Waals surface area contributed by atoms with Gasteiger partial charge in [0.25, 0.3) is 5.91 Å². The quantitative estimate of drug-likeness (QED) is 0.832. The Kier molecular flexibility index (Phi) is 6.45. The lowest BCUT2D eigenvalue weighted by Crippen LogP contribution is -2.31. The van der Waals surface area contributed by atoms with Crippen molar-refractivity contribution in [3.8, 4) is 0 Å². The SMILES string of the molecule is CCNc1cc(C(=O)N(C)CCOC(C)C)cc(C)n1. The second kappa shape index (κ2) is 7.85. The summed E-state index contributed by atoms with van der Waals surface area (Å²) in [6.45, 7) is 9.76. The molecule has 1 aromatic heterocycles. The van der Waals surface area contributed by atoms with Gasteiger partial charge in [0.2, 0.25) is 0 Å². The van der Waals surface area contributed by atoms with Crippen molar-refractivity contribution < 1.29 is 9.53 Å². The second-order valence-corrected chi connectivity index (χ2v) is 5.06. The van der Waals surface area contributed by atoms with Crippen molar-refractivity contribution in [1.82, 2.24) is 9.88 Å². The Morgan fingerprint density at radius 1 is 1.45 bits per heavy atom. The number of hydrogen-bond acceptors (Lipinski definition) is 4. The van der Waals surface area contributed by atoms with Crippen LogP contribution in [0.2, 0.25) is 0 Å². The number of rotatable bonds is 7. The smallest absolute Gasteiger partial charge is 0.253 e. The number of aryl methyl sites for hydroxylation is 1. The number of aromatic nitrogens is 1. The summed E-state index contributed by atoms with van der Waals surface area (Å²) in [5.74, 6) is 0.727. The number of amides is 1. The maximum atomic E-state index is 12.3. The molecule has 1 aromatic rings. The van der Waals surface area contributed by atoms with Gasteiger partial charge in [-0.05, 0) is 39.8 Å². The van der Waals surface area contributed by atoms with Gasteiger partial charge in [0.1, 0.15) is 5.82 Å². The number of carbonyl (C=O) groups is 1.